The summed E-state index contributed by atoms with van der Waals surface area (Å²) in [7, 11) is 0. The standard InChI is InChI=1S/C10H22O3S/c1-3-5-6-7-8-9-10(4-2)13-14(11)12/h10H,3-9H2,1-2H3,(H,11,12)/p-1. The van der Waals surface area contributed by atoms with Gasteiger partial charge in [0.15, 0.2) is 0 Å². The molecule has 0 saturated carbocycles. The van der Waals surface area contributed by atoms with E-state index in [1.54, 1.807) is 0 Å². The lowest BCUT2D eigenvalue weighted by atomic mass is 10.1. The minimum absolute atomic E-state index is 0.116. The average Bonchev–Trinajstić information content (AvgIpc) is 2.15. The van der Waals surface area contributed by atoms with E-state index in [9.17, 15) is 8.76 Å². The predicted octanol–water partition coefficient (Wildman–Crippen LogP) is 2.94. The van der Waals surface area contributed by atoms with Gasteiger partial charge in [0.2, 0.25) is 0 Å². The molecule has 0 saturated heterocycles. The zero-order valence-electron chi connectivity index (χ0n) is 9.16. The van der Waals surface area contributed by atoms with Crippen LogP contribution in [0.25, 0.3) is 0 Å². The molecule has 0 N–H and O–H groups in total. The summed E-state index contributed by atoms with van der Waals surface area (Å²) >= 11 is -2.35. The first-order chi connectivity index (χ1) is 6.70. The van der Waals surface area contributed by atoms with Crippen molar-refractivity contribution in [3.05, 3.63) is 0 Å². The van der Waals surface area contributed by atoms with E-state index >= 15 is 0 Å². The lowest BCUT2D eigenvalue weighted by molar-refractivity contribution is 0.182. The van der Waals surface area contributed by atoms with E-state index in [4.69, 9.17) is 4.18 Å². The second kappa shape index (κ2) is 9.62. The zero-order chi connectivity index (χ0) is 10.8. The third-order valence-corrected chi connectivity index (χ3v) is 2.73. The summed E-state index contributed by atoms with van der Waals surface area (Å²) < 4.78 is 25.3. The Balaban J connectivity index is 3.38. The van der Waals surface area contributed by atoms with Gasteiger partial charge in [0, 0.05) is 0 Å². The second-order valence-electron chi connectivity index (χ2n) is 3.53. The van der Waals surface area contributed by atoms with Crippen molar-refractivity contribution in [1.29, 1.82) is 0 Å². The van der Waals surface area contributed by atoms with Crippen molar-refractivity contribution in [2.45, 2.75) is 64.9 Å². The molecule has 14 heavy (non-hydrogen) atoms. The van der Waals surface area contributed by atoms with Gasteiger partial charge in [0.1, 0.15) is 0 Å². The molecule has 0 heterocycles. The van der Waals surface area contributed by atoms with E-state index in [1.807, 2.05) is 6.92 Å². The maximum atomic E-state index is 10.3. The Morgan fingerprint density at radius 2 is 1.86 bits per heavy atom. The van der Waals surface area contributed by atoms with Crippen molar-refractivity contribution < 1.29 is 12.9 Å². The molecule has 0 spiro atoms. The van der Waals surface area contributed by atoms with Crippen LogP contribution in [0.15, 0.2) is 0 Å². The second-order valence-corrected chi connectivity index (χ2v) is 4.13. The van der Waals surface area contributed by atoms with E-state index < -0.39 is 11.4 Å². The van der Waals surface area contributed by atoms with Gasteiger partial charge in [-0.25, -0.2) is 4.21 Å². The molecule has 0 aliphatic rings. The Morgan fingerprint density at radius 3 is 2.36 bits per heavy atom. The Bertz CT molecular complexity index is 150. The fourth-order valence-electron chi connectivity index (χ4n) is 1.41. The molecular weight excluding hydrogens is 200 g/mol. The fraction of sp³-hybridized carbons (Fsp3) is 1.00. The summed E-state index contributed by atoms with van der Waals surface area (Å²) in [6, 6.07) is 0. The van der Waals surface area contributed by atoms with Crippen LogP contribution < -0.4 is 0 Å². The Morgan fingerprint density at radius 1 is 1.21 bits per heavy atom. The number of hydrogen-bond donors (Lipinski definition) is 0. The molecule has 0 aromatic heterocycles. The van der Waals surface area contributed by atoms with E-state index in [-0.39, 0.29) is 6.10 Å². The molecule has 0 bridgehead atoms. The summed E-state index contributed by atoms with van der Waals surface area (Å²) in [5.41, 5.74) is 0. The summed E-state index contributed by atoms with van der Waals surface area (Å²) in [5.74, 6) is 0. The molecule has 0 aromatic carbocycles. The lowest BCUT2D eigenvalue weighted by Gasteiger charge is -2.16. The highest BCUT2D eigenvalue weighted by molar-refractivity contribution is 7.74. The smallest absolute Gasteiger partial charge is 0.0844 e. The largest absolute Gasteiger partial charge is 0.750 e. The molecule has 4 heteroatoms. The first kappa shape index (κ1) is 14.1. The number of rotatable bonds is 9. The maximum Gasteiger partial charge on any atom is 0.0844 e. The monoisotopic (exact) mass is 221 g/mol. The number of unbranched alkanes of at least 4 members (excludes halogenated alkanes) is 4. The van der Waals surface area contributed by atoms with Crippen LogP contribution in [0.3, 0.4) is 0 Å². The molecule has 0 fully saturated rings. The van der Waals surface area contributed by atoms with Crippen molar-refractivity contribution in [2.24, 2.45) is 0 Å². The Kier molecular flexibility index (Phi) is 9.67. The van der Waals surface area contributed by atoms with Crippen LogP contribution in [0.1, 0.15) is 58.8 Å². The van der Waals surface area contributed by atoms with Gasteiger partial charge >= 0.3 is 0 Å². The topological polar surface area (TPSA) is 49.4 Å². The highest BCUT2D eigenvalue weighted by Gasteiger charge is 2.06. The first-order valence-corrected chi connectivity index (χ1v) is 6.47. The molecule has 0 amide bonds. The van der Waals surface area contributed by atoms with E-state index in [0.717, 1.165) is 19.3 Å². The molecule has 0 rings (SSSR count). The number of hydrogen-bond acceptors (Lipinski definition) is 3. The molecule has 2 atom stereocenters. The molecule has 0 aromatic rings. The third-order valence-electron chi connectivity index (χ3n) is 2.30. The van der Waals surface area contributed by atoms with Gasteiger partial charge in [0.05, 0.1) is 17.5 Å². The van der Waals surface area contributed by atoms with E-state index in [1.165, 1.54) is 25.7 Å². The molecule has 0 radical (unpaired) electrons. The van der Waals surface area contributed by atoms with Gasteiger partial charge in [-0.15, -0.1) is 0 Å². The SMILES string of the molecule is CCCCCCCC(CC)OS(=O)[O-]. The highest BCUT2D eigenvalue weighted by Crippen LogP contribution is 2.12. The van der Waals surface area contributed by atoms with Crippen LogP contribution in [-0.2, 0) is 15.5 Å². The van der Waals surface area contributed by atoms with Crippen LogP contribution in [0.4, 0.5) is 0 Å². The molecule has 0 aliphatic heterocycles. The van der Waals surface area contributed by atoms with Gasteiger partial charge in [-0.2, -0.15) is 0 Å². The molecular formula is C10H21O3S-. The van der Waals surface area contributed by atoms with Crippen molar-refractivity contribution in [3.63, 3.8) is 0 Å². The van der Waals surface area contributed by atoms with E-state index in [2.05, 4.69) is 6.92 Å². The molecule has 0 aliphatic carbocycles. The Labute approximate surface area is 89.7 Å². The zero-order valence-corrected chi connectivity index (χ0v) is 9.98. The lowest BCUT2D eigenvalue weighted by Crippen LogP contribution is -2.13. The van der Waals surface area contributed by atoms with Gasteiger partial charge in [0.25, 0.3) is 0 Å². The fourth-order valence-corrected chi connectivity index (χ4v) is 1.86. The molecule has 3 nitrogen and oxygen atoms in total. The van der Waals surface area contributed by atoms with Gasteiger partial charge in [-0.05, 0) is 12.8 Å². The summed E-state index contributed by atoms with van der Waals surface area (Å²) in [6.45, 7) is 4.13. The highest BCUT2D eigenvalue weighted by atomic mass is 32.2. The average molecular weight is 221 g/mol. The summed E-state index contributed by atoms with van der Waals surface area (Å²) in [5, 5.41) is 0. The van der Waals surface area contributed by atoms with E-state index in [0.29, 0.717) is 0 Å². The first-order valence-electron chi connectivity index (χ1n) is 5.47. The van der Waals surface area contributed by atoms with Gasteiger partial charge < -0.3 is 4.55 Å². The molecule has 86 valence electrons. The van der Waals surface area contributed by atoms with Crippen molar-refractivity contribution >= 4 is 11.4 Å². The van der Waals surface area contributed by atoms with Crippen LogP contribution >= 0.6 is 0 Å². The predicted molar refractivity (Wildman–Crippen MR) is 57.5 cm³/mol. The van der Waals surface area contributed by atoms with Crippen LogP contribution in [0, 0.1) is 0 Å². The van der Waals surface area contributed by atoms with Crippen LogP contribution in [0.5, 0.6) is 0 Å². The summed E-state index contributed by atoms with van der Waals surface area (Å²) in [4.78, 5) is 0. The van der Waals surface area contributed by atoms with Gasteiger partial charge in [-0.3, -0.25) is 4.18 Å². The third kappa shape index (κ3) is 8.66. The minimum atomic E-state index is -2.35. The van der Waals surface area contributed by atoms with Crippen molar-refractivity contribution in [3.8, 4) is 0 Å². The van der Waals surface area contributed by atoms with Crippen LogP contribution in [0.2, 0.25) is 0 Å². The van der Waals surface area contributed by atoms with Crippen molar-refractivity contribution in [1.82, 2.24) is 0 Å². The summed E-state index contributed by atoms with van der Waals surface area (Å²) in [6.07, 6.45) is 7.50. The Hall–Kier alpha value is 0.0700. The normalized spacial score (nSPS) is 15.4. The van der Waals surface area contributed by atoms with Crippen molar-refractivity contribution in [2.75, 3.05) is 0 Å². The minimum Gasteiger partial charge on any atom is -0.750 e. The van der Waals surface area contributed by atoms with Gasteiger partial charge in [-0.1, -0.05) is 46.0 Å². The maximum absolute atomic E-state index is 10.3. The quantitative estimate of drug-likeness (QED) is 0.444. The molecule has 2 unspecified atom stereocenters. The van der Waals surface area contributed by atoms with Crippen LogP contribution in [-0.4, -0.2) is 14.9 Å².